The van der Waals surface area contributed by atoms with Crippen molar-refractivity contribution in [2.45, 2.75) is 39.2 Å². The van der Waals surface area contributed by atoms with Crippen molar-refractivity contribution in [3.05, 3.63) is 23.8 Å². The van der Waals surface area contributed by atoms with E-state index in [-0.39, 0.29) is 17.4 Å². The summed E-state index contributed by atoms with van der Waals surface area (Å²) in [7, 11) is 1.57. The topological polar surface area (TPSA) is 85.0 Å². The number of likely N-dealkylation sites (tertiary alicyclic amines) is 1. The number of carbonyl (C=O) groups is 1. The maximum Gasteiger partial charge on any atom is 0.257 e. The molecule has 0 bridgehead atoms. The van der Waals surface area contributed by atoms with Crippen LogP contribution in [-0.4, -0.2) is 55.4 Å². The van der Waals surface area contributed by atoms with Crippen LogP contribution in [-0.2, 0) is 0 Å². The van der Waals surface area contributed by atoms with E-state index in [2.05, 4.69) is 13.8 Å². The molecule has 25 heavy (non-hydrogen) atoms. The maximum absolute atomic E-state index is 13.2. The first-order valence-corrected chi connectivity index (χ1v) is 8.84. The molecule has 0 spiro atoms. The first-order valence-electron chi connectivity index (χ1n) is 8.84. The molecule has 0 saturated carbocycles. The fraction of sp³-hybridized carbons (Fsp3) is 0.632. The summed E-state index contributed by atoms with van der Waals surface area (Å²) < 4.78 is 11.0. The standard InChI is InChI=1S/C19H30N2O4/c1-19(2)12-14(22)7-9-21(13-19)18(23)16-11-15(24-3)5-6-17(16)25-10-4-8-20/h5-6,11,14,22H,4,7-10,12-13,20H2,1-3H3/t14-/m0/s1. The zero-order valence-electron chi connectivity index (χ0n) is 15.5. The lowest BCUT2D eigenvalue weighted by molar-refractivity contribution is 0.0700. The predicted molar refractivity (Wildman–Crippen MR) is 97.1 cm³/mol. The molecule has 0 unspecified atom stereocenters. The van der Waals surface area contributed by atoms with Crippen LogP contribution < -0.4 is 15.2 Å². The molecule has 2 rings (SSSR count). The van der Waals surface area contributed by atoms with Crippen LogP contribution in [0.3, 0.4) is 0 Å². The minimum Gasteiger partial charge on any atom is -0.497 e. The molecule has 1 aromatic rings. The Hall–Kier alpha value is -1.79. The highest BCUT2D eigenvalue weighted by Crippen LogP contribution is 2.31. The summed E-state index contributed by atoms with van der Waals surface area (Å²) >= 11 is 0. The fourth-order valence-corrected chi connectivity index (χ4v) is 3.24. The van der Waals surface area contributed by atoms with Crippen molar-refractivity contribution in [3.63, 3.8) is 0 Å². The van der Waals surface area contributed by atoms with Gasteiger partial charge < -0.3 is 25.2 Å². The number of hydrogen-bond donors (Lipinski definition) is 2. The van der Waals surface area contributed by atoms with Crippen LogP contribution in [0.1, 0.15) is 43.5 Å². The van der Waals surface area contributed by atoms with E-state index in [1.165, 1.54) is 0 Å². The van der Waals surface area contributed by atoms with Gasteiger partial charge in [0.25, 0.3) is 5.91 Å². The lowest BCUT2D eigenvalue weighted by Gasteiger charge is -2.30. The minimum absolute atomic E-state index is 0.0937. The number of rotatable bonds is 6. The number of aliphatic hydroxyl groups is 1. The van der Waals surface area contributed by atoms with Crippen molar-refractivity contribution < 1.29 is 19.4 Å². The fourth-order valence-electron chi connectivity index (χ4n) is 3.24. The van der Waals surface area contributed by atoms with Gasteiger partial charge in [0, 0.05) is 13.1 Å². The van der Waals surface area contributed by atoms with Crippen LogP contribution >= 0.6 is 0 Å². The van der Waals surface area contributed by atoms with Gasteiger partial charge in [0.1, 0.15) is 11.5 Å². The molecule has 6 nitrogen and oxygen atoms in total. The number of amides is 1. The lowest BCUT2D eigenvalue weighted by Crippen LogP contribution is -2.37. The smallest absolute Gasteiger partial charge is 0.257 e. The molecule has 1 aliphatic heterocycles. The summed E-state index contributed by atoms with van der Waals surface area (Å²) in [6, 6.07) is 5.26. The van der Waals surface area contributed by atoms with E-state index in [0.717, 1.165) is 6.42 Å². The molecule has 3 N–H and O–H groups in total. The summed E-state index contributed by atoms with van der Waals surface area (Å²) in [6.07, 6.45) is 1.62. The molecule has 0 radical (unpaired) electrons. The Kier molecular flexibility index (Phi) is 6.67. The van der Waals surface area contributed by atoms with Crippen molar-refractivity contribution >= 4 is 5.91 Å². The average molecular weight is 350 g/mol. The van der Waals surface area contributed by atoms with Gasteiger partial charge in [0.15, 0.2) is 0 Å². The quantitative estimate of drug-likeness (QED) is 0.767. The van der Waals surface area contributed by atoms with Gasteiger partial charge in [-0.25, -0.2) is 0 Å². The number of aliphatic hydroxyl groups excluding tert-OH is 1. The van der Waals surface area contributed by atoms with E-state index >= 15 is 0 Å². The summed E-state index contributed by atoms with van der Waals surface area (Å²) in [5.74, 6) is 1.06. The zero-order valence-corrected chi connectivity index (χ0v) is 15.5. The lowest BCUT2D eigenvalue weighted by atomic mass is 9.87. The van der Waals surface area contributed by atoms with Crippen LogP contribution in [0.25, 0.3) is 0 Å². The van der Waals surface area contributed by atoms with Gasteiger partial charge in [0.2, 0.25) is 0 Å². The van der Waals surface area contributed by atoms with Crippen molar-refractivity contribution in [2.24, 2.45) is 11.1 Å². The minimum atomic E-state index is -0.376. The van der Waals surface area contributed by atoms with Gasteiger partial charge in [-0.2, -0.15) is 0 Å². The third kappa shape index (κ3) is 5.34. The third-order valence-electron chi connectivity index (χ3n) is 4.45. The van der Waals surface area contributed by atoms with Crippen molar-refractivity contribution in [1.29, 1.82) is 0 Å². The van der Waals surface area contributed by atoms with E-state index in [4.69, 9.17) is 15.2 Å². The second-order valence-electron chi connectivity index (χ2n) is 7.39. The highest BCUT2D eigenvalue weighted by atomic mass is 16.5. The number of nitrogens with two attached hydrogens (primary N) is 1. The number of methoxy groups -OCH3 is 1. The third-order valence-corrected chi connectivity index (χ3v) is 4.45. The van der Waals surface area contributed by atoms with E-state index < -0.39 is 0 Å². The van der Waals surface area contributed by atoms with E-state index in [1.807, 2.05) is 0 Å². The van der Waals surface area contributed by atoms with Crippen LogP contribution in [0, 0.1) is 5.41 Å². The van der Waals surface area contributed by atoms with Gasteiger partial charge in [-0.1, -0.05) is 13.8 Å². The number of benzene rings is 1. The highest BCUT2D eigenvalue weighted by molar-refractivity contribution is 5.97. The first-order chi connectivity index (χ1) is 11.9. The summed E-state index contributed by atoms with van der Waals surface area (Å²) in [5.41, 5.74) is 5.87. The highest BCUT2D eigenvalue weighted by Gasteiger charge is 2.32. The normalized spacial score (nSPS) is 20.0. The van der Waals surface area contributed by atoms with Crippen molar-refractivity contribution in [1.82, 2.24) is 4.90 Å². The molecular formula is C19H30N2O4. The van der Waals surface area contributed by atoms with Crippen LogP contribution in [0.5, 0.6) is 11.5 Å². The molecule has 1 fully saturated rings. The Morgan fingerprint density at radius 1 is 1.44 bits per heavy atom. The molecule has 0 aliphatic carbocycles. The average Bonchev–Trinajstić information content (AvgIpc) is 2.71. The summed E-state index contributed by atoms with van der Waals surface area (Å²) in [5, 5.41) is 10.1. The SMILES string of the molecule is COc1ccc(OCCCN)c(C(=O)N2CC[C@H](O)CC(C)(C)C2)c1. The van der Waals surface area contributed by atoms with Gasteiger partial charge in [0.05, 0.1) is 25.4 Å². The van der Waals surface area contributed by atoms with Gasteiger partial charge in [-0.3, -0.25) is 4.79 Å². The summed E-state index contributed by atoms with van der Waals surface area (Å²) in [4.78, 5) is 15.0. The molecule has 1 atom stereocenters. The molecule has 1 saturated heterocycles. The second-order valence-corrected chi connectivity index (χ2v) is 7.39. The van der Waals surface area contributed by atoms with Crippen molar-refractivity contribution in [3.8, 4) is 11.5 Å². The number of hydrogen-bond acceptors (Lipinski definition) is 5. The van der Waals surface area contributed by atoms with E-state index in [1.54, 1.807) is 30.2 Å². The Morgan fingerprint density at radius 3 is 2.88 bits per heavy atom. The van der Waals surface area contributed by atoms with Crippen LogP contribution in [0.15, 0.2) is 18.2 Å². The van der Waals surface area contributed by atoms with Gasteiger partial charge in [-0.05, 0) is 49.4 Å². The number of nitrogens with zero attached hydrogens (tertiary/aromatic N) is 1. The Bertz CT molecular complexity index is 589. The van der Waals surface area contributed by atoms with Crippen LogP contribution in [0.4, 0.5) is 0 Å². The molecule has 0 aromatic heterocycles. The molecule has 6 heteroatoms. The molecular weight excluding hydrogens is 320 g/mol. The maximum atomic E-state index is 13.2. The monoisotopic (exact) mass is 350 g/mol. The van der Waals surface area contributed by atoms with E-state index in [0.29, 0.717) is 56.1 Å². The Balaban J connectivity index is 2.26. The van der Waals surface area contributed by atoms with E-state index in [9.17, 15) is 9.90 Å². The predicted octanol–water partition coefficient (Wildman–Crippen LogP) is 2.05. The molecule has 1 aliphatic rings. The second kappa shape index (κ2) is 8.54. The Morgan fingerprint density at radius 2 is 2.20 bits per heavy atom. The molecule has 1 amide bonds. The first kappa shape index (κ1) is 19.5. The van der Waals surface area contributed by atoms with Gasteiger partial charge in [-0.15, -0.1) is 0 Å². The van der Waals surface area contributed by atoms with Crippen LogP contribution in [0.2, 0.25) is 0 Å². The molecule has 1 heterocycles. The zero-order chi connectivity index (χ0) is 18.4. The molecule has 1 aromatic carbocycles. The number of ether oxygens (including phenoxy) is 2. The van der Waals surface area contributed by atoms with Crippen molar-refractivity contribution in [2.75, 3.05) is 33.4 Å². The number of carbonyl (C=O) groups excluding carboxylic acids is 1. The Labute approximate surface area is 149 Å². The summed E-state index contributed by atoms with van der Waals surface area (Å²) in [6.45, 7) is 6.29. The largest absolute Gasteiger partial charge is 0.497 e. The van der Waals surface area contributed by atoms with Gasteiger partial charge >= 0.3 is 0 Å². The molecule has 140 valence electrons.